The number of halogens is 1. The largest absolute Gasteiger partial charge is 0.252 e. The van der Waals surface area contributed by atoms with Crippen LogP contribution in [0.15, 0.2) is 36.4 Å². The number of aromatic nitrogens is 1. The summed E-state index contributed by atoms with van der Waals surface area (Å²) in [5, 5.41) is 1.68. The van der Waals surface area contributed by atoms with Gasteiger partial charge in [-0.15, -0.1) is 11.6 Å². The normalized spacial score (nSPS) is 12.9. The first-order chi connectivity index (χ1) is 7.79. The standard InChI is InChI=1S/C13H14ClNS/c1-10(8-14)16-9-12-7-6-11-4-2-3-5-13(11)15-12/h2-7,10H,8-9H2,1H3. The molecule has 3 heteroatoms. The molecular weight excluding hydrogens is 238 g/mol. The Balaban J connectivity index is 2.13. The lowest BCUT2D eigenvalue weighted by molar-refractivity contribution is 1.11. The molecule has 1 atom stereocenters. The second-order valence-corrected chi connectivity index (χ2v) is 5.51. The molecule has 0 spiro atoms. The lowest BCUT2D eigenvalue weighted by Crippen LogP contribution is -1.98. The Morgan fingerprint density at radius 1 is 1.25 bits per heavy atom. The van der Waals surface area contributed by atoms with E-state index in [-0.39, 0.29) is 0 Å². The Labute approximate surface area is 105 Å². The molecule has 16 heavy (non-hydrogen) atoms. The quantitative estimate of drug-likeness (QED) is 0.759. The summed E-state index contributed by atoms with van der Waals surface area (Å²) in [6, 6.07) is 12.4. The van der Waals surface area contributed by atoms with Gasteiger partial charge in [0.2, 0.25) is 0 Å². The van der Waals surface area contributed by atoms with Gasteiger partial charge in [-0.25, -0.2) is 0 Å². The zero-order valence-electron chi connectivity index (χ0n) is 9.19. The predicted molar refractivity (Wildman–Crippen MR) is 73.2 cm³/mol. The van der Waals surface area contributed by atoms with E-state index in [1.54, 1.807) is 0 Å². The number of hydrogen-bond donors (Lipinski definition) is 0. The molecule has 1 aromatic heterocycles. The fraction of sp³-hybridized carbons (Fsp3) is 0.308. The second kappa shape index (κ2) is 5.55. The number of para-hydroxylation sites is 1. The molecule has 0 aliphatic heterocycles. The molecule has 0 fully saturated rings. The minimum Gasteiger partial charge on any atom is -0.252 e. The third kappa shape index (κ3) is 2.89. The van der Waals surface area contributed by atoms with Gasteiger partial charge in [0.1, 0.15) is 0 Å². The van der Waals surface area contributed by atoms with Crippen LogP contribution in [-0.2, 0) is 5.75 Å². The number of alkyl halides is 1. The van der Waals surface area contributed by atoms with Crippen LogP contribution in [0.2, 0.25) is 0 Å². The van der Waals surface area contributed by atoms with Crippen molar-refractivity contribution in [2.75, 3.05) is 5.88 Å². The average molecular weight is 252 g/mol. The summed E-state index contributed by atoms with van der Waals surface area (Å²) >= 11 is 7.62. The van der Waals surface area contributed by atoms with E-state index in [4.69, 9.17) is 11.6 Å². The van der Waals surface area contributed by atoms with Crippen LogP contribution >= 0.6 is 23.4 Å². The van der Waals surface area contributed by atoms with Crippen LogP contribution in [0.5, 0.6) is 0 Å². The number of nitrogens with zero attached hydrogens (tertiary/aromatic N) is 1. The van der Waals surface area contributed by atoms with Gasteiger partial charge < -0.3 is 0 Å². The van der Waals surface area contributed by atoms with Gasteiger partial charge in [0.15, 0.2) is 0 Å². The summed E-state index contributed by atoms with van der Waals surface area (Å²) in [6.07, 6.45) is 0. The van der Waals surface area contributed by atoms with Crippen molar-refractivity contribution in [3.63, 3.8) is 0 Å². The molecule has 0 aliphatic rings. The third-order valence-electron chi connectivity index (χ3n) is 2.39. The molecule has 0 bridgehead atoms. The molecule has 0 radical (unpaired) electrons. The molecule has 0 saturated carbocycles. The maximum absolute atomic E-state index is 5.77. The van der Waals surface area contributed by atoms with Gasteiger partial charge in [-0.2, -0.15) is 11.8 Å². The molecule has 2 aromatic rings. The number of fused-ring (bicyclic) bond motifs is 1. The average Bonchev–Trinajstić information content (AvgIpc) is 2.35. The first-order valence-electron chi connectivity index (χ1n) is 5.32. The highest BCUT2D eigenvalue weighted by Gasteiger charge is 2.02. The van der Waals surface area contributed by atoms with Gasteiger partial charge in [-0.05, 0) is 12.1 Å². The Kier molecular flexibility index (Phi) is 4.08. The highest BCUT2D eigenvalue weighted by atomic mass is 35.5. The fourth-order valence-electron chi connectivity index (χ4n) is 1.46. The van der Waals surface area contributed by atoms with E-state index >= 15 is 0 Å². The van der Waals surface area contributed by atoms with Crippen LogP contribution in [0.25, 0.3) is 10.9 Å². The Morgan fingerprint density at radius 3 is 2.88 bits per heavy atom. The topological polar surface area (TPSA) is 12.9 Å². The fourth-order valence-corrected chi connectivity index (χ4v) is 2.43. The molecule has 2 rings (SSSR count). The lowest BCUT2D eigenvalue weighted by atomic mass is 10.2. The monoisotopic (exact) mass is 251 g/mol. The van der Waals surface area contributed by atoms with Crippen LogP contribution in [0.3, 0.4) is 0 Å². The number of benzene rings is 1. The Morgan fingerprint density at radius 2 is 2.06 bits per heavy atom. The summed E-state index contributed by atoms with van der Waals surface area (Å²) in [5.41, 5.74) is 2.19. The maximum atomic E-state index is 5.77. The van der Waals surface area contributed by atoms with E-state index in [1.807, 2.05) is 23.9 Å². The molecule has 0 amide bonds. The number of hydrogen-bond acceptors (Lipinski definition) is 2. The van der Waals surface area contributed by atoms with Crippen molar-refractivity contribution in [2.24, 2.45) is 0 Å². The minimum atomic E-state index is 0.481. The highest BCUT2D eigenvalue weighted by molar-refractivity contribution is 7.99. The van der Waals surface area contributed by atoms with Gasteiger partial charge in [-0.1, -0.05) is 31.2 Å². The smallest absolute Gasteiger partial charge is 0.0705 e. The molecule has 84 valence electrons. The zero-order valence-corrected chi connectivity index (χ0v) is 10.8. The van der Waals surface area contributed by atoms with Crippen molar-refractivity contribution < 1.29 is 0 Å². The van der Waals surface area contributed by atoms with Gasteiger partial charge in [0.05, 0.1) is 11.2 Å². The molecule has 0 N–H and O–H groups in total. The van der Waals surface area contributed by atoms with E-state index < -0.39 is 0 Å². The lowest BCUT2D eigenvalue weighted by Gasteiger charge is -2.07. The van der Waals surface area contributed by atoms with E-state index in [1.165, 1.54) is 5.39 Å². The minimum absolute atomic E-state index is 0.481. The van der Waals surface area contributed by atoms with Crippen molar-refractivity contribution in [2.45, 2.75) is 17.9 Å². The van der Waals surface area contributed by atoms with E-state index in [2.05, 4.69) is 36.2 Å². The molecule has 1 nitrogen and oxygen atoms in total. The van der Waals surface area contributed by atoms with Gasteiger partial charge in [0, 0.05) is 22.3 Å². The second-order valence-electron chi connectivity index (χ2n) is 3.77. The van der Waals surface area contributed by atoms with Gasteiger partial charge >= 0.3 is 0 Å². The van der Waals surface area contributed by atoms with Crippen LogP contribution in [-0.4, -0.2) is 16.1 Å². The molecular formula is C13H14ClNS. The number of pyridine rings is 1. The van der Waals surface area contributed by atoms with Crippen LogP contribution in [0.4, 0.5) is 0 Å². The molecule has 0 saturated heterocycles. The molecule has 1 heterocycles. The van der Waals surface area contributed by atoms with Crippen molar-refractivity contribution in [1.29, 1.82) is 0 Å². The Bertz CT molecular complexity index is 472. The zero-order chi connectivity index (χ0) is 11.4. The molecule has 1 unspecified atom stereocenters. The van der Waals surface area contributed by atoms with Crippen molar-refractivity contribution in [3.8, 4) is 0 Å². The third-order valence-corrected chi connectivity index (χ3v) is 4.23. The summed E-state index contributed by atoms with van der Waals surface area (Å²) in [5.74, 6) is 1.62. The van der Waals surface area contributed by atoms with Gasteiger partial charge in [-0.3, -0.25) is 4.98 Å². The van der Waals surface area contributed by atoms with Crippen LogP contribution in [0.1, 0.15) is 12.6 Å². The van der Waals surface area contributed by atoms with Gasteiger partial charge in [0.25, 0.3) is 0 Å². The maximum Gasteiger partial charge on any atom is 0.0705 e. The van der Waals surface area contributed by atoms with E-state index in [0.717, 1.165) is 17.0 Å². The SMILES string of the molecule is CC(CCl)SCc1ccc2ccccc2n1. The Hall–Kier alpha value is -0.730. The highest BCUT2D eigenvalue weighted by Crippen LogP contribution is 2.19. The van der Waals surface area contributed by atoms with Crippen molar-refractivity contribution in [3.05, 3.63) is 42.1 Å². The number of rotatable bonds is 4. The summed E-state index contributed by atoms with van der Waals surface area (Å²) in [6.45, 7) is 2.14. The van der Waals surface area contributed by atoms with Crippen LogP contribution in [0, 0.1) is 0 Å². The first kappa shape index (κ1) is 11.7. The first-order valence-corrected chi connectivity index (χ1v) is 6.90. The van der Waals surface area contributed by atoms with E-state index in [9.17, 15) is 0 Å². The molecule has 0 aliphatic carbocycles. The van der Waals surface area contributed by atoms with Crippen molar-refractivity contribution >= 4 is 34.3 Å². The summed E-state index contributed by atoms with van der Waals surface area (Å²) < 4.78 is 0. The summed E-state index contributed by atoms with van der Waals surface area (Å²) in [7, 11) is 0. The van der Waals surface area contributed by atoms with Crippen molar-refractivity contribution in [1.82, 2.24) is 4.98 Å². The van der Waals surface area contributed by atoms with Crippen LogP contribution < -0.4 is 0 Å². The predicted octanol–water partition coefficient (Wildman–Crippen LogP) is 4.10. The molecule has 1 aromatic carbocycles. The summed E-state index contributed by atoms with van der Waals surface area (Å²) in [4.78, 5) is 4.62. The van der Waals surface area contributed by atoms with E-state index in [0.29, 0.717) is 11.1 Å². The number of thioether (sulfide) groups is 1.